The number of fused-ring (bicyclic) bond motifs is 1. The molecule has 1 unspecified atom stereocenters. The van der Waals surface area contributed by atoms with Crippen LogP contribution in [0.2, 0.25) is 5.02 Å². The quantitative estimate of drug-likeness (QED) is 0.914. The van der Waals surface area contributed by atoms with Crippen molar-refractivity contribution in [3.63, 3.8) is 0 Å². The predicted molar refractivity (Wildman–Crippen MR) is 68.2 cm³/mol. The monoisotopic (exact) mass is 256 g/mol. The highest BCUT2D eigenvalue weighted by Crippen LogP contribution is 2.25. The van der Waals surface area contributed by atoms with Crippen LogP contribution in [0.25, 0.3) is 10.2 Å². The number of nitrogens with zero attached hydrogens (tertiary/aromatic N) is 1. The summed E-state index contributed by atoms with van der Waals surface area (Å²) in [6, 6.07) is 5.74. The summed E-state index contributed by atoms with van der Waals surface area (Å²) in [5, 5.41) is 1.75. The Kier molecular flexibility index (Phi) is 3.76. The van der Waals surface area contributed by atoms with Crippen molar-refractivity contribution >= 4 is 33.2 Å². The molecule has 1 heterocycles. The van der Waals surface area contributed by atoms with E-state index >= 15 is 0 Å². The van der Waals surface area contributed by atoms with E-state index in [0.29, 0.717) is 11.6 Å². The van der Waals surface area contributed by atoms with Crippen LogP contribution in [0.4, 0.5) is 0 Å². The fraction of sp³-hybridized carbons (Fsp3) is 0.364. The summed E-state index contributed by atoms with van der Waals surface area (Å²) in [4.78, 5) is 4.51. The fourth-order valence-electron chi connectivity index (χ4n) is 1.49. The SMILES string of the molecule is COC(CN)Cc1nc2cc(Cl)ccc2s1. The van der Waals surface area contributed by atoms with E-state index in [1.165, 1.54) is 0 Å². The van der Waals surface area contributed by atoms with Crippen LogP contribution in [0, 0.1) is 0 Å². The van der Waals surface area contributed by atoms with Gasteiger partial charge in [0.1, 0.15) is 0 Å². The van der Waals surface area contributed by atoms with Crippen molar-refractivity contribution in [3.05, 3.63) is 28.2 Å². The molecule has 1 aromatic heterocycles. The summed E-state index contributed by atoms with van der Waals surface area (Å²) in [6.07, 6.45) is 0.792. The van der Waals surface area contributed by atoms with Gasteiger partial charge in [0.05, 0.1) is 21.3 Å². The van der Waals surface area contributed by atoms with Crippen LogP contribution in [0.15, 0.2) is 18.2 Å². The molecule has 1 atom stereocenters. The lowest BCUT2D eigenvalue weighted by molar-refractivity contribution is 0.110. The van der Waals surface area contributed by atoms with E-state index in [1.807, 2.05) is 18.2 Å². The lowest BCUT2D eigenvalue weighted by Crippen LogP contribution is -2.24. The van der Waals surface area contributed by atoms with Gasteiger partial charge in [0, 0.05) is 25.1 Å². The van der Waals surface area contributed by atoms with Gasteiger partial charge < -0.3 is 10.5 Å². The van der Waals surface area contributed by atoms with Gasteiger partial charge in [-0.15, -0.1) is 11.3 Å². The number of hydrogen-bond donors (Lipinski definition) is 1. The highest BCUT2D eigenvalue weighted by molar-refractivity contribution is 7.18. The molecule has 0 amide bonds. The molecule has 0 aliphatic heterocycles. The minimum atomic E-state index is 0.0380. The first-order valence-corrected chi connectivity index (χ1v) is 6.20. The van der Waals surface area contributed by atoms with Crippen LogP contribution in [-0.2, 0) is 11.2 Å². The van der Waals surface area contributed by atoms with Gasteiger partial charge >= 0.3 is 0 Å². The summed E-state index contributed by atoms with van der Waals surface area (Å²) >= 11 is 7.57. The molecule has 2 N–H and O–H groups in total. The van der Waals surface area contributed by atoms with Crippen LogP contribution in [-0.4, -0.2) is 24.7 Å². The Morgan fingerprint density at radius 2 is 2.38 bits per heavy atom. The van der Waals surface area contributed by atoms with Crippen LogP contribution < -0.4 is 5.73 Å². The van der Waals surface area contributed by atoms with Gasteiger partial charge in [-0.3, -0.25) is 0 Å². The first kappa shape index (κ1) is 11.8. The van der Waals surface area contributed by atoms with E-state index in [2.05, 4.69) is 4.98 Å². The number of ether oxygens (including phenoxy) is 1. The summed E-state index contributed by atoms with van der Waals surface area (Å²) in [7, 11) is 1.67. The van der Waals surface area contributed by atoms with Gasteiger partial charge in [-0.1, -0.05) is 11.6 Å². The largest absolute Gasteiger partial charge is 0.380 e. The lowest BCUT2D eigenvalue weighted by atomic mass is 10.2. The van der Waals surface area contributed by atoms with E-state index < -0.39 is 0 Å². The third-order valence-electron chi connectivity index (χ3n) is 2.39. The second-order valence-electron chi connectivity index (χ2n) is 3.52. The van der Waals surface area contributed by atoms with Crippen molar-refractivity contribution in [2.75, 3.05) is 13.7 Å². The second kappa shape index (κ2) is 5.10. The standard InChI is InChI=1S/C11H13ClN2OS/c1-15-8(6-13)5-11-14-9-4-7(12)2-3-10(9)16-11/h2-4,8H,5-6,13H2,1H3. The maximum absolute atomic E-state index is 5.91. The topological polar surface area (TPSA) is 48.1 Å². The first-order valence-electron chi connectivity index (χ1n) is 5.00. The van der Waals surface area contributed by atoms with Crippen molar-refractivity contribution in [1.82, 2.24) is 4.98 Å². The third-order valence-corrected chi connectivity index (χ3v) is 3.69. The molecule has 0 spiro atoms. The molecule has 0 radical (unpaired) electrons. The average molecular weight is 257 g/mol. The first-order chi connectivity index (χ1) is 7.72. The molecular weight excluding hydrogens is 244 g/mol. The van der Waals surface area contributed by atoms with Crippen molar-refractivity contribution in [2.45, 2.75) is 12.5 Å². The van der Waals surface area contributed by atoms with Gasteiger partial charge in [-0.2, -0.15) is 0 Å². The molecule has 2 aromatic rings. The number of nitrogens with two attached hydrogens (primary N) is 1. The molecule has 0 fully saturated rings. The number of rotatable bonds is 4. The Morgan fingerprint density at radius 1 is 1.56 bits per heavy atom. The Labute approximate surface area is 103 Å². The second-order valence-corrected chi connectivity index (χ2v) is 5.07. The molecule has 16 heavy (non-hydrogen) atoms. The average Bonchev–Trinajstić information content (AvgIpc) is 2.67. The number of benzene rings is 1. The van der Waals surface area contributed by atoms with Gasteiger partial charge in [0.15, 0.2) is 0 Å². The number of halogens is 1. The normalized spacial score (nSPS) is 13.2. The Balaban J connectivity index is 2.25. The zero-order valence-corrected chi connectivity index (χ0v) is 10.5. The molecule has 5 heteroatoms. The van der Waals surface area contributed by atoms with Gasteiger partial charge in [0.2, 0.25) is 0 Å². The van der Waals surface area contributed by atoms with Gasteiger partial charge in [-0.05, 0) is 18.2 Å². The maximum Gasteiger partial charge on any atom is 0.0964 e. The fourth-order valence-corrected chi connectivity index (χ4v) is 2.67. The van der Waals surface area contributed by atoms with Crippen LogP contribution in [0.5, 0.6) is 0 Å². The number of methoxy groups -OCH3 is 1. The van der Waals surface area contributed by atoms with Crippen LogP contribution >= 0.6 is 22.9 Å². The van der Waals surface area contributed by atoms with E-state index in [9.17, 15) is 0 Å². The van der Waals surface area contributed by atoms with E-state index in [0.717, 1.165) is 21.6 Å². The van der Waals surface area contributed by atoms with Crippen molar-refractivity contribution in [1.29, 1.82) is 0 Å². The highest BCUT2D eigenvalue weighted by atomic mass is 35.5. The van der Waals surface area contributed by atoms with E-state index in [4.69, 9.17) is 22.1 Å². The molecule has 0 aliphatic rings. The lowest BCUT2D eigenvalue weighted by Gasteiger charge is -2.09. The summed E-state index contributed by atoms with van der Waals surface area (Å²) < 4.78 is 6.38. The molecule has 0 saturated carbocycles. The Hall–Kier alpha value is -0.680. The van der Waals surface area contributed by atoms with Crippen LogP contribution in [0.3, 0.4) is 0 Å². The highest BCUT2D eigenvalue weighted by Gasteiger charge is 2.10. The van der Waals surface area contributed by atoms with Gasteiger partial charge in [0.25, 0.3) is 0 Å². The van der Waals surface area contributed by atoms with Crippen LogP contribution in [0.1, 0.15) is 5.01 Å². The molecule has 86 valence electrons. The predicted octanol–water partition coefficient (Wildman–Crippen LogP) is 2.47. The number of hydrogen-bond acceptors (Lipinski definition) is 4. The minimum absolute atomic E-state index is 0.0380. The van der Waals surface area contributed by atoms with E-state index in [1.54, 1.807) is 18.4 Å². The zero-order valence-electron chi connectivity index (χ0n) is 8.94. The van der Waals surface area contributed by atoms with Gasteiger partial charge in [-0.25, -0.2) is 4.98 Å². The zero-order chi connectivity index (χ0) is 11.5. The molecule has 0 saturated heterocycles. The number of aromatic nitrogens is 1. The minimum Gasteiger partial charge on any atom is -0.380 e. The molecule has 0 bridgehead atoms. The maximum atomic E-state index is 5.91. The van der Waals surface area contributed by atoms with Crippen molar-refractivity contribution in [3.8, 4) is 0 Å². The summed E-state index contributed by atoms with van der Waals surface area (Å²) in [5.41, 5.74) is 6.52. The summed E-state index contributed by atoms with van der Waals surface area (Å²) in [5.74, 6) is 0. The third kappa shape index (κ3) is 2.52. The Bertz CT molecular complexity index is 482. The Morgan fingerprint density at radius 3 is 3.06 bits per heavy atom. The molecular formula is C11H13ClN2OS. The van der Waals surface area contributed by atoms with Crippen molar-refractivity contribution < 1.29 is 4.74 Å². The molecule has 0 aliphatic carbocycles. The molecule has 2 rings (SSSR count). The summed E-state index contributed by atoms with van der Waals surface area (Å²) in [6.45, 7) is 0.507. The molecule has 1 aromatic carbocycles. The number of thiazole rings is 1. The smallest absolute Gasteiger partial charge is 0.0964 e. The molecule has 3 nitrogen and oxygen atoms in total. The van der Waals surface area contributed by atoms with Crippen molar-refractivity contribution in [2.24, 2.45) is 5.73 Å². The van der Waals surface area contributed by atoms with E-state index in [-0.39, 0.29) is 6.10 Å².